The number of fused-ring (bicyclic) bond motifs is 1. The largest absolute Gasteiger partial charge is 0.367 e. The van der Waals surface area contributed by atoms with E-state index >= 15 is 0 Å². The maximum atomic E-state index is 12.0. The summed E-state index contributed by atoms with van der Waals surface area (Å²) < 4.78 is 0. The third kappa shape index (κ3) is 6.00. The first-order valence-electron chi connectivity index (χ1n) is 11.8. The number of nitrogens with one attached hydrogen (secondary N) is 2. The van der Waals surface area contributed by atoms with Crippen LogP contribution in [0.3, 0.4) is 0 Å². The van der Waals surface area contributed by atoms with Crippen LogP contribution in [0.2, 0.25) is 0 Å². The Morgan fingerprint density at radius 2 is 1.53 bits per heavy atom. The molecule has 0 unspecified atom stereocenters. The maximum Gasteiger partial charge on any atom is 0.309 e. The lowest BCUT2D eigenvalue weighted by Gasteiger charge is -2.30. The summed E-state index contributed by atoms with van der Waals surface area (Å²) >= 11 is 0. The third-order valence-corrected chi connectivity index (χ3v) is 6.45. The van der Waals surface area contributed by atoms with E-state index in [0.29, 0.717) is 19.5 Å². The zero-order valence-corrected chi connectivity index (χ0v) is 18.7. The van der Waals surface area contributed by atoms with Crippen LogP contribution in [0.5, 0.6) is 0 Å². The van der Waals surface area contributed by atoms with Crippen LogP contribution in [0.25, 0.3) is 0 Å². The molecular formula is C27H33N3O2. The Morgan fingerprint density at radius 3 is 2.25 bits per heavy atom. The molecule has 5 heteroatoms. The fourth-order valence-corrected chi connectivity index (χ4v) is 4.54. The number of hydrogen-bond donors (Lipinski definition) is 2. The van der Waals surface area contributed by atoms with Gasteiger partial charge in [-0.25, -0.2) is 0 Å². The van der Waals surface area contributed by atoms with Gasteiger partial charge in [-0.3, -0.25) is 9.59 Å². The van der Waals surface area contributed by atoms with E-state index in [4.69, 9.17) is 0 Å². The van der Waals surface area contributed by atoms with Crippen molar-refractivity contribution in [2.75, 3.05) is 24.5 Å². The molecule has 2 aromatic rings. The highest BCUT2D eigenvalue weighted by Crippen LogP contribution is 2.24. The smallest absolute Gasteiger partial charge is 0.309 e. The topological polar surface area (TPSA) is 61.4 Å². The number of anilines is 1. The Labute approximate surface area is 190 Å². The average Bonchev–Trinajstić information content (AvgIpc) is 2.84. The van der Waals surface area contributed by atoms with Gasteiger partial charge in [0.15, 0.2) is 0 Å². The van der Waals surface area contributed by atoms with Gasteiger partial charge in [0.2, 0.25) is 0 Å². The normalized spacial score (nSPS) is 15.5. The zero-order chi connectivity index (χ0) is 22.2. The molecule has 0 saturated heterocycles. The number of allylic oxidation sites excluding steroid dienone is 1. The van der Waals surface area contributed by atoms with Crippen LogP contribution in [-0.2, 0) is 29.0 Å². The highest BCUT2D eigenvalue weighted by atomic mass is 16.2. The second kappa shape index (κ2) is 11.0. The van der Waals surface area contributed by atoms with Gasteiger partial charge < -0.3 is 15.5 Å². The van der Waals surface area contributed by atoms with Crippen molar-refractivity contribution in [2.24, 2.45) is 0 Å². The van der Waals surface area contributed by atoms with E-state index in [1.807, 2.05) is 0 Å². The molecule has 2 aromatic carbocycles. The first kappa shape index (κ1) is 22.1. The van der Waals surface area contributed by atoms with Crippen LogP contribution in [0.1, 0.15) is 48.8 Å². The van der Waals surface area contributed by atoms with Crippen molar-refractivity contribution in [1.29, 1.82) is 0 Å². The van der Waals surface area contributed by atoms with Crippen molar-refractivity contribution in [2.45, 2.75) is 51.5 Å². The zero-order valence-electron chi connectivity index (χ0n) is 18.7. The Bertz CT molecular complexity index is 965. The van der Waals surface area contributed by atoms with Crippen LogP contribution in [-0.4, -0.2) is 31.4 Å². The number of nitrogens with zero attached hydrogens (tertiary/aromatic N) is 1. The second-order valence-electron chi connectivity index (χ2n) is 8.73. The molecule has 2 amide bonds. The molecule has 0 fully saturated rings. The van der Waals surface area contributed by atoms with E-state index in [-0.39, 0.29) is 0 Å². The van der Waals surface area contributed by atoms with Crippen molar-refractivity contribution in [3.8, 4) is 0 Å². The van der Waals surface area contributed by atoms with Gasteiger partial charge in [0.1, 0.15) is 0 Å². The number of carbonyl (C=O) groups is 2. The monoisotopic (exact) mass is 431 g/mol. The molecule has 1 aliphatic carbocycles. The molecule has 2 N–H and O–H groups in total. The van der Waals surface area contributed by atoms with Gasteiger partial charge in [-0.1, -0.05) is 48.0 Å². The molecule has 0 aromatic heterocycles. The summed E-state index contributed by atoms with van der Waals surface area (Å²) in [6.07, 6.45) is 9.63. The molecule has 2 aliphatic rings. The van der Waals surface area contributed by atoms with Crippen LogP contribution in [0.4, 0.5) is 5.69 Å². The summed E-state index contributed by atoms with van der Waals surface area (Å²) in [5.41, 5.74) is 6.62. The number of rotatable bonds is 7. The lowest BCUT2D eigenvalue weighted by molar-refractivity contribution is -0.139. The molecule has 32 heavy (non-hydrogen) atoms. The van der Waals surface area contributed by atoms with E-state index < -0.39 is 11.8 Å². The van der Waals surface area contributed by atoms with Crippen LogP contribution < -0.4 is 15.5 Å². The summed E-state index contributed by atoms with van der Waals surface area (Å²) in [4.78, 5) is 26.4. The molecular weight excluding hydrogens is 398 g/mol. The Balaban J connectivity index is 1.17. The minimum atomic E-state index is -0.550. The summed E-state index contributed by atoms with van der Waals surface area (Å²) in [7, 11) is 0. The second-order valence-corrected chi connectivity index (χ2v) is 8.73. The van der Waals surface area contributed by atoms with Crippen molar-refractivity contribution in [3.63, 3.8) is 0 Å². The SMILES string of the molecule is O=C(NCCC1=CCCCC1)C(=O)NCCc1ccc(N2CCc3ccccc3C2)cc1. The minimum absolute atomic E-state index is 0.452. The Hall–Kier alpha value is -3.08. The molecule has 0 bridgehead atoms. The van der Waals surface area contributed by atoms with Gasteiger partial charge in [0, 0.05) is 31.9 Å². The van der Waals surface area contributed by atoms with E-state index in [9.17, 15) is 9.59 Å². The van der Waals surface area contributed by atoms with Gasteiger partial charge in [-0.15, -0.1) is 0 Å². The summed E-state index contributed by atoms with van der Waals surface area (Å²) in [6.45, 7) is 2.95. The van der Waals surface area contributed by atoms with Gasteiger partial charge in [0.05, 0.1) is 0 Å². The molecule has 0 spiro atoms. The maximum absolute atomic E-state index is 12.0. The van der Waals surface area contributed by atoms with Crippen LogP contribution in [0.15, 0.2) is 60.2 Å². The number of benzene rings is 2. The fraction of sp³-hybridized carbons (Fsp3) is 0.407. The predicted octanol–water partition coefficient (Wildman–Crippen LogP) is 3.91. The molecule has 1 aliphatic heterocycles. The molecule has 0 radical (unpaired) electrons. The van der Waals surface area contributed by atoms with E-state index in [2.05, 4.69) is 70.1 Å². The van der Waals surface area contributed by atoms with Gasteiger partial charge in [-0.05, 0) is 73.8 Å². The Morgan fingerprint density at radius 1 is 0.812 bits per heavy atom. The van der Waals surface area contributed by atoms with Gasteiger partial charge in [0.25, 0.3) is 0 Å². The highest BCUT2D eigenvalue weighted by molar-refractivity contribution is 6.35. The standard InChI is InChI=1S/C27H33N3O2/c31-26(28-17-14-21-6-2-1-3-7-21)27(32)29-18-15-22-10-12-25(13-11-22)30-19-16-23-8-4-5-9-24(23)20-30/h4-6,8-13H,1-3,7,14-20H2,(H,28,31)(H,29,32). The van der Waals surface area contributed by atoms with Crippen molar-refractivity contribution in [1.82, 2.24) is 10.6 Å². The highest BCUT2D eigenvalue weighted by Gasteiger charge is 2.16. The first-order chi connectivity index (χ1) is 15.7. The van der Waals surface area contributed by atoms with Crippen molar-refractivity contribution >= 4 is 17.5 Å². The summed E-state index contributed by atoms with van der Waals surface area (Å²) in [6, 6.07) is 17.2. The van der Waals surface area contributed by atoms with Crippen molar-refractivity contribution < 1.29 is 9.59 Å². The molecule has 168 valence electrons. The summed E-state index contributed by atoms with van der Waals surface area (Å²) in [5.74, 6) is -1.09. The molecule has 1 heterocycles. The number of amides is 2. The number of hydrogen-bond acceptors (Lipinski definition) is 3. The number of carbonyl (C=O) groups excluding carboxylic acids is 2. The fourth-order valence-electron chi connectivity index (χ4n) is 4.54. The molecule has 0 atom stereocenters. The van der Waals surface area contributed by atoms with E-state index in [1.54, 1.807) is 0 Å². The van der Waals surface area contributed by atoms with Crippen LogP contribution in [0, 0.1) is 0 Å². The van der Waals surface area contributed by atoms with Crippen LogP contribution >= 0.6 is 0 Å². The molecule has 4 rings (SSSR count). The molecule has 0 saturated carbocycles. The quantitative estimate of drug-likeness (QED) is 0.516. The van der Waals surface area contributed by atoms with Gasteiger partial charge in [-0.2, -0.15) is 0 Å². The average molecular weight is 432 g/mol. The van der Waals surface area contributed by atoms with E-state index in [0.717, 1.165) is 44.3 Å². The Kier molecular flexibility index (Phi) is 7.59. The third-order valence-electron chi connectivity index (χ3n) is 6.45. The molecule has 5 nitrogen and oxygen atoms in total. The summed E-state index contributed by atoms with van der Waals surface area (Å²) in [5, 5.41) is 5.46. The predicted molar refractivity (Wildman–Crippen MR) is 129 cm³/mol. The van der Waals surface area contributed by atoms with Gasteiger partial charge >= 0.3 is 11.8 Å². The first-order valence-corrected chi connectivity index (χ1v) is 11.8. The van der Waals surface area contributed by atoms with E-state index in [1.165, 1.54) is 35.2 Å². The lowest BCUT2D eigenvalue weighted by atomic mass is 9.97. The minimum Gasteiger partial charge on any atom is -0.367 e. The van der Waals surface area contributed by atoms with Crippen molar-refractivity contribution in [3.05, 3.63) is 76.9 Å². The lowest BCUT2D eigenvalue weighted by Crippen LogP contribution is -2.41.